The predicted molar refractivity (Wildman–Crippen MR) is 156 cm³/mol. The number of amides is 1. The Hall–Kier alpha value is -3.12. The van der Waals surface area contributed by atoms with Gasteiger partial charge in [0, 0.05) is 74.9 Å². The lowest BCUT2D eigenvalue weighted by atomic mass is 9.85. The summed E-state index contributed by atoms with van der Waals surface area (Å²) in [6.07, 6.45) is 2.55. The highest BCUT2D eigenvalue weighted by Gasteiger charge is 2.56. The Morgan fingerprint density at radius 1 is 1.05 bits per heavy atom. The van der Waals surface area contributed by atoms with E-state index in [0.29, 0.717) is 63.6 Å². The van der Waals surface area contributed by atoms with Crippen LogP contribution in [0.1, 0.15) is 55.8 Å². The lowest BCUT2D eigenvalue weighted by Gasteiger charge is -2.49. The molecule has 44 heavy (non-hydrogen) atoms. The van der Waals surface area contributed by atoms with E-state index in [1.165, 1.54) is 18.2 Å². The van der Waals surface area contributed by atoms with Crippen LogP contribution < -0.4 is 4.90 Å². The molecule has 3 atom stereocenters. The van der Waals surface area contributed by atoms with E-state index in [2.05, 4.69) is 16.7 Å². The number of carboxylic acids is 1. The first-order valence-corrected chi connectivity index (χ1v) is 15.7. The zero-order chi connectivity index (χ0) is 31.2. The van der Waals surface area contributed by atoms with Crippen molar-refractivity contribution >= 4 is 17.6 Å². The second-order valence-electron chi connectivity index (χ2n) is 12.8. The average molecular weight is 621 g/mol. The van der Waals surface area contributed by atoms with Crippen LogP contribution in [0, 0.1) is 11.7 Å². The monoisotopic (exact) mass is 620 g/mol. The van der Waals surface area contributed by atoms with Crippen LogP contribution >= 0.6 is 0 Å². The number of halogens is 4. The fourth-order valence-electron chi connectivity index (χ4n) is 7.41. The van der Waals surface area contributed by atoms with Crippen molar-refractivity contribution in [2.45, 2.75) is 69.3 Å². The molecule has 0 bridgehead atoms. The van der Waals surface area contributed by atoms with Gasteiger partial charge in [-0.3, -0.25) is 9.69 Å². The number of aromatic carboxylic acids is 1. The number of anilines is 1. The Morgan fingerprint density at radius 2 is 1.80 bits per heavy atom. The maximum absolute atomic E-state index is 14.0. The zero-order valence-corrected chi connectivity index (χ0v) is 25.0. The second kappa shape index (κ2) is 12.0. The number of benzene rings is 1. The van der Waals surface area contributed by atoms with Crippen LogP contribution in [0.3, 0.4) is 0 Å². The Morgan fingerprint density at radius 3 is 2.41 bits per heavy atom. The summed E-state index contributed by atoms with van der Waals surface area (Å²) >= 11 is 0. The molecule has 0 spiro atoms. The fourth-order valence-corrected chi connectivity index (χ4v) is 7.41. The molecule has 2 aliphatic carbocycles. The van der Waals surface area contributed by atoms with E-state index in [4.69, 9.17) is 4.74 Å². The van der Waals surface area contributed by atoms with Crippen LogP contribution in [-0.2, 0) is 9.53 Å². The van der Waals surface area contributed by atoms with Crippen LogP contribution in [0.5, 0.6) is 0 Å². The van der Waals surface area contributed by atoms with E-state index in [9.17, 15) is 32.3 Å². The molecule has 3 saturated heterocycles. The van der Waals surface area contributed by atoms with Crippen LogP contribution in [0.15, 0.2) is 41.6 Å². The fraction of sp³-hybridized carbons (Fsp3) is 0.625. The molecular weight excluding hydrogens is 580 g/mol. The van der Waals surface area contributed by atoms with Gasteiger partial charge in [0.25, 0.3) is 5.91 Å². The van der Waals surface area contributed by atoms with Crippen molar-refractivity contribution in [1.29, 1.82) is 0 Å². The summed E-state index contributed by atoms with van der Waals surface area (Å²) in [5, 5.41) is 9.33. The number of ether oxygens (including phenoxy) is 1. The van der Waals surface area contributed by atoms with E-state index < -0.39 is 29.1 Å². The van der Waals surface area contributed by atoms with Crippen molar-refractivity contribution in [3.05, 3.63) is 53.0 Å². The quantitative estimate of drug-likeness (QED) is 0.464. The third-order valence-corrected chi connectivity index (χ3v) is 10.1. The Kier molecular flexibility index (Phi) is 8.42. The smallest absolute Gasteiger partial charge is 0.412 e. The third-order valence-electron chi connectivity index (χ3n) is 10.1. The number of nitrogens with zero attached hydrogens (tertiary/aromatic N) is 4. The van der Waals surface area contributed by atoms with Crippen molar-refractivity contribution < 1.29 is 37.0 Å². The summed E-state index contributed by atoms with van der Waals surface area (Å²) < 4.78 is 60.3. The minimum atomic E-state index is -4.32. The molecular formula is C32H40F4N4O4. The largest absolute Gasteiger partial charge is 0.478 e. The second-order valence-corrected chi connectivity index (χ2v) is 12.8. The number of carboxylic acid groups (broad SMARTS) is 1. The van der Waals surface area contributed by atoms with Crippen LogP contribution in [-0.4, -0.2) is 108 Å². The minimum Gasteiger partial charge on any atom is -0.478 e. The van der Waals surface area contributed by atoms with Gasteiger partial charge >= 0.3 is 12.1 Å². The standard InChI is InChI=1S/C32H40F4N4O4/c1-21-19-39(15-16-40(21)25-7-8-28(33)27(18-25)29(41)42)26-9-10-31(44-20-26,22-5-6-22)30(43)38-13-11-37(12-14-38)24-4-2-3-23(17-24)32(34,35)36/h4,7-8,17-18,21-22,26H,2-3,5-6,9-16,19-20H2,1H3,(H,41,42)/t21?,26?,31-/m0/s1. The summed E-state index contributed by atoms with van der Waals surface area (Å²) in [5.74, 6) is -1.82. The predicted octanol–water partition coefficient (Wildman–Crippen LogP) is 4.67. The van der Waals surface area contributed by atoms with Gasteiger partial charge in [0.15, 0.2) is 0 Å². The van der Waals surface area contributed by atoms with E-state index in [1.54, 1.807) is 6.07 Å². The molecule has 1 saturated carbocycles. The summed E-state index contributed by atoms with van der Waals surface area (Å²) in [5.41, 5.74) is -0.379. The normalized spacial score (nSPS) is 28.9. The molecule has 1 N–H and O–H groups in total. The third kappa shape index (κ3) is 6.07. The van der Waals surface area contributed by atoms with Crippen molar-refractivity contribution in [2.75, 3.05) is 57.3 Å². The topological polar surface area (TPSA) is 76.6 Å². The van der Waals surface area contributed by atoms with E-state index in [0.717, 1.165) is 32.4 Å². The van der Waals surface area contributed by atoms with Crippen LogP contribution in [0.2, 0.25) is 0 Å². The number of hydrogen-bond acceptors (Lipinski definition) is 6. The zero-order valence-electron chi connectivity index (χ0n) is 25.0. The molecule has 1 aromatic rings. The molecule has 4 fully saturated rings. The van der Waals surface area contributed by atoms with Crippen molar-refractivity contribution in [2.24, 2.45) is 5.92 Å². The van der Waals surface area contributed by atoms with Gasteiger partial charge in [-0.25, -0.2) is 9.18 Å². The van der Waals surface area contributed by atoms with Crippen molar-refractivity contribution in [3.8, 4) is 0 Å². The molecule has 2 unspecified atom stereocenters. The maximum atomic E-state index is 14.0. The molecule has 3 heterocycles. The Labute approximate surface area is 254 Å². The first-order chi connectivity index (χ1) is 21.0. The molecule has 240 valence electrons. The molecule has 1 aromatic carbocycles. The lowest BCUT2D eigenvalue weighted by Crippen LogP contribution is -2.62. The molecule has 6 rings (SSSR count). The number of hydrogen-bond donors (Lipinski definition) is 1. The van der Waals surface area contributed by atoms with Gasteiger partial charge < -0.3 is 24.5 Å². The highest BCUT2D eigenvalue weighted by Crippen LogP contribution is 2.48. The molecule has 1 amide bonds. The van der Waals surface area contributed by atoms with E-state index in [-0.39, 0.29) is 35.9 Å². The van der Waals surface area contributed by atoms with Gasteiger partial charge in [-0.15, -0.1) is 0 Å². The SMILES string of the molecule is CC1CN(C2CC[C@@](C(=O)N3CCN(C4=CCCC(C(F)(F)F)=C4)CC3)(C3CC3)OC2)CCN1c1ccc(F)c(C(=O)O)c1. The van der Waals surface area contributed by atoms with Gasteiger partial charge in [0.05, 0.1) is 12.2 Å². The molecule has 0 aromatic heterocycles. The van der Waals surface area contributed by atoms with Crippen molar-refractivity contribution in [3.63, 3.8) is 0 Å². The number of allylic oxidation sites excluding steroid dienone is 3. The Balaban J connectivity index is 1.04. The first kappa shape index (κ1) is 30.9. The van der Waals surface area contributed by atoms with Gasteiger partial charge in [0.2, 0.25) is 0 Å². The number of alkyl halides is 3. The molecule has 0 radical (unpaired) electrons. The van der Waals surface area contributed by atoms with E-state index in [1.807, 2.05) is 15.9 Å². The first-order valence-electron chi connectivity index (χ1n) is 15.7. The average Bonchev–Trinajstić information content (AvgIpc) is 3.87. The summed E-state index contributed by atoms with van der Waals surface area (Å²) in [7, 11) is 0. The van der Waals surface area contributed by atoms with Gasteiger partial charge in [-0.05, 0) is 75.6 Å². The highest BCUT2D eigenvalue weighted by molar-refractivity contribution is 5.89. The summed E-state index contributed by atoms with van der Waals surface area (Å²) in [4.78, 5) is 33.7. The molecule has 12 heteroatoms. The van der Waals surface area contributed by atoms with Crippen molar-refractivity contribution in [1.82, 2.24) is 14.7 Å². The number of carbonyl (C=O) groups excluding carboxylic acids is 1. The summed E-state index contributed by atoms with van der Waals surface area (Å²) in [6.45, 7) is 6.56. The minimum absolute atomic E-state index is 0.00414. The van der Waals surface area contributed by atoms with Crippen LogP contribution in [0.4, 0.5) is 23.2 Å². The number of piperazine rings is 2. The molecule has 5 aliphatic rings. The number of rotatable bonds is 6. The van der Waals surface area contributed by atoms with Crippen LogP contribution in [0.25, 0.3) is 0 Å². The Bertz CT molecular complexity index is 1330. The highest BCUT2D eigenvalue weighted by atomic mass is 19.4. The maximum Gasteiger partial charge on any atom is 0.412 e. The summed E-state index contributed by atoms with van der Waals surface area (Å²) in [6, 6.07) is 4.45. The van der Waals surface area contributed by atoms with E-state index >= 15 is 0 Å². The molecule has 8 nitrogen and oxygen atoms in total. The van der Waals surface area contributed by atoms with Gasteiger partial charge in [-0.2, -0.15) is 13.2 Å². The van der Waals surface area contributed by atoms with Gasteiger partial charge in [-0.1, -0.05) is 6.08 Å². The number of carbonyl (C=O) groups is 2. The van der Waals surface area contributed by atoms with Gasteiger partial charge in [0.1, 0.15) is 11.4 Å². The lowest BCUT2D eigenvalue weighted by molar-refractivity contribution is -0.177. The molecule has 3 aliphatic heterocycles.